The van der Waals surface area contributed by atoms with Gasteiger partial charge in [0.05, 0.1) is 13.1 Å². The third-order valence-electron chi connectivity index (χ3n) is 4.85. The van der Waals surface area contributed by atoms with Crippen LogP contribution in [-0.4, -0.2) is 62.3 Å². The molecule has 1 aliphatic heterocycles. The van der Waals surface area contributed by atoms with Crippen molar-refractivity contribution in [2.75, 3.05) is 26.2 Å². The Morgan fingerprint density at radius 3 is 2.69 bits per heavy atom. The van der Waals surface area contributed by atoms with Crippen molar-refractivity contribution in [3.8, 4) is 0 Å². The molecular weight excluding hydrogens is 369 g/mol. The van der Waals surface area contributed by atoms with Gasteiger partial charge in [-0.3, -0.25) is 4.99 Å². The Balaban J connectivity index is 1.58. The van der Waals surface area contributed by atoms with Gasteiger partial charge in [-0.25, -0.2) is 12.7 Å². The van der Waals surface area contributed by atoms with Gasteiger partial charge in [-0.2, -0.15) is 13.2 Å². The first-order valence-electron chi connectivity index (χ1n) is 8.76. The Kier molecular flexibility index (Phi) is 5.61. The quantitative estimate of drug-likeness (QED) is 0.673. The summed E-state index contributed by atoms with van der Waals surface area (Å²) in [7, 11) is -3.96. The smallest absolute Gasteiger partial charge is 0.354 e. The van der Waals surface area contributed by atoms with Gasteiger partial charge in [-0.1, -0.05) is 24.6 Å². The highest BCUT2D eigenvalue weighted by Gasteiger charge is 2.41. The lowest BCUT2D eigenvalue weighted by atomic mass is 9.93. The predicted molar refractivity (Wildman–Crippen MR) is 93.3 cm³/mol. The molecule has 146 valence electrons. The summed E-state index contributed by atoms with van der Waals surface area (Å²) in [6.45, 7) is 1.64. The molecule has 3 rings (SSSR count). The second kappa shape index (κ2) is 7.59. The summed E-state index contributed by atoms with van der Waals surface area (Å²) in [5, 5.41) is 5.11. The summed E-state index contributed by atoms with van der Waals surface area (Å²) in [6, 6.07) is 0.530. The molecule has 0 aromatic heterocycles. The Hall–Kier alpha value is -1.55. The molecule has 0 aromatic rings. The molecule has 2 aliphatic carbocycles. The number of guanidine groups is 1. The topological polar surface area (TPSA) is 73.8 Å². The molecule has 10 heteroatoms. The fraction of sp³-hybridized carbons (Fsp3) is 0.688. The monoisotopic (exact) mass is 392 g/mol. The minimum atomic E-state index is -4.52. The SMILES string of the molecule is O=S(=O)(C1C=CC=C(C(F)(F)F)C1)N1CCN=C1NCCNC1CCC1. The molecule has 6 nitrogen and oxygen atoms in total. The number of sulfonamides is 1. The lowest BCUT2D eigenvalue weighted by Crippen LogP contribution is -2.48. The van der Waals surface area contributed by atoms with Crippen molar-refractivity contribution >= 4 is 16.0 Å². The van der Waals surface area contributed by atoms with Crippen molar-refractivity contribution in [2.24, 2.45) is 4.99 Å². The van der Waals surface area contributed by atoms with Crippen LogP contribution in [0.1, 0.15) is 25.7 Å². The minimum absolute atomic E-state index is 0.149. The molecule has 0 saturated heterocycles. The molecule has 0 amide bonds. The largest absolute Gasteiger partial charge is 0.412 e. The summed E-state index contributed by atoms with van der Waals surface area (Å²) in [4.78, 5) is 4.16. The molecule has 26 heavy (non-hydrogen) atoms. The Labute approximate surface area is 151 Å². The number of nitrogens with one attached hydrogen (secondary N) is 2. The summed E-state index contributed by atoms with van der Waals surface area (Å²) in [5.41, 5.74) is -0.830. The van der Waals surface area contributed by atoms with Gasteiger partial charge in [-0.05, 0) is 19.3 Å². The lowest BCUT2D eigenvalue weighted by molar-refractivity contribution is -0.0939. The predicted octanol–water partition coefficient (Wildman–Crippen LogP) is 1.54. The average molecular weight is 392 g/mol. The number of rotatable bonds is 6. The number of hydrogen-bond acceptors (Lipinski definition) is 5. The molecule has 0 radical (unpaired) electrons. The number of halogens is 3. The standard InChI is InChI=1S/C16H23F3N4O2S/c17-16(18,19)12-3-1-6-14(11-12)26(24,25)23-10-9-22-15(23)21-8-7-20-13-4-2-5-13/h1,3,6,13-14,20H,2,4-5,7-11H2,(H,21,22). The summed E-state index contributed by atoms with van der Waals surface area (Å²) in [5.74, 6) is 0.219. The van der Waals surface area contributed by atoms with Crippen molar-refractivity contribution in [1.82, 2.24) is 14.9 Å². The van der Waals surface area contributed by atoms with E-state index in [4.69, 9.17) is 0 Å². The molecule has 1 heterocycles. The van der Waals surface area contributed by atoms with Crippen LogP contribution in [-0.2, 0) is 10.0 Å². The van der Waals surface area contributed by atoms with E-state index in [1.807, 2.05) is 0 Å². The van der Waals surface area contributed by atoms with Gasteiger partial charge in [0.15, 0.2) is 0 Å². The van der Waals surface area contributed by atoms with Crippen LogP contribution in [0.5, 0.6) is 0 Å². The van der Waals surface area contributed by atoms with E-state index in [9.17, 15) is 21.6 Å². The molecule has 0 bridgehead atoms. The molecule has 1 fully saturated rings. The van der Waals surface area contributed by atoms with Crippen molar-refractivity contribution in [3.05, 3.63) is 23.8 Å². The molecular formula is C16H23F3N4O2S. The van der Waals surface area contributed by atoms with Crippen LogP contribution >= 0.6 is 0 Å². The third-order valence-corrected chi connectivity index (χ3v) is 6.90. The fourth-order valence-corrected chi connectivity index (χ4v) is 4.82. The number of aliphatic imine (C=N–C) groups is 1. The van der Waals surface area contributed by atoms with Gasteiger partial charge < -0.3 is 10.6 Å². The van der Waals surface area contributed by atoms with E-state index < -0.39 is 33.4 Å². The van der Waals surface area contributed by atoms with Crippen molar-refractivity contribution in [1.29, 1.82) is 0 Å². The normalized spacial score (nSPS) is 24.3. The Bertz CT molecular complexity index is 711. The van der Waals surface area contributed by atoms with E-state index >= 15 is 0 Å². The molecule has 2 N–H and O–H groups in total. The maximum Gasteiger partial charge on any atom is 0.412 e. The van der Waals surface area contributed by atoms with Crippen molar-refractivity contribution in [3.63, 3.8) is 0 Å². The molecule has 1 unspecified atom stereocenters. The zero-order valence-electron chi connectivity index (χ0n) is 14.3. The highest BCUT2D eigenvalue weighted by Crippen LogP contribution is 2.34. The maximum atomic E-state index is 12.9. The van der Waals surface area contributed by atoms with Crippen LogP contribution < -0.4 is 10.6 Å². The Morgan fingerprint density at radius 2 is 2.04 bits per heavy atom. The Morgan fingerprint density at radius 1 is 1.27 bits per heavy atom. The van der Waals surface area contributed by atoms with Crippen LogP contribution in [0.3, 0.4) is 0 Å². The molecule has 1 saturated carbocycles. The van der Waals surface area contributed by atoms with Crippen LogP contribution in [0, 0.1) is 0 Å². The summed E-state index contributed by atoms with van der Waals surface area (Å²) >= 11 is 0. The fourth-order valence-electron chi connectivity index (χ4n) is 3.11. The second-order valence-electron chi connectivity index (χ2n) is 6.65. The molecule has 0 aromatic carbocycles. The van der Waals surface area contributed by atoms with E-state index in [-0.39, 0.29) is 12.5 Å². The van der Waals surface area contributed by atoms with E-state index in [1.165, 1.54) is 12.5 Å². The van der Waals surface area contributed by atoms with Crippen molar-refractivity contribution < 1.29 is 21.6 Å². The van der Waals surface area contributed by atoms with Crippen LogP contribution in [0.25, 0.3) is 0 Å². The van der Waals surface area contributed by atoms with E-state index in [1.54, 1.807) is 0 Å². The number of alkyl halides is 3. The van der Waals surface area contributed by atoms with Gasteiger partial charge in [0, 0.05) is 24.7 Å². The first-order valence-corrected chi connectivity index (χ1v) is 10.3. The van der Waals surface area contributed by atoms with E-state index in [2.05, 4.69) is 15.6 Å². The average Bonchev–Trinajstić information content (AvgIpc) is 3.01. The minimum Gasteiger partial charge on any atom is -0.354 e. The lowest BCUT2D eigenvalue weighted by Gasteiger charge is -2.28. The van der Waals surface area contributed by atoms with Crippen LogP contribution in [0.4, 0.5) is 13.2 Å². The highest BCUT2D eigenvalue weighted by molar-refractivity contribution is 7.90. The van der Waals surface area contributed by atoms with Gasteiger partial charge in [-0.15, -0.1) is 0 Å². The third kappa shape index (κ3) is 4.22. The summed E-state index contributed by atoms with van der Waals surface area (Å²) < 4.78 is 65.4. The second-order valence-corrected chi connectivity index (χ2v) is 8.72. The number of allylic oxidation sites excluding steroid dienone is 3. The molecule has 3 aliphatic rings. The van der Waals surface area contributed by atoms with E-state index in [0.29, 0.717) is 25.7 Å². The van der Waals surface area contributed by atoms with Crippen LogP contribution in [0.2, 0.25) is 0 Å². The van der Waals surface area contributed by atoms with Gasteiger partial charge in [0.1, 0.15) is 5.25 Å². The summed E-state index contributed by atoms with van der Waals surface area (Å²) in [6.07, 6.45) is 1.84. The van der Waals surface area contributed by atoms with Gasteiger partial charge >= 0.3 is 6.18 Å². The van der Waals surface area contributed by atoms with Gasteiger partial charge in [0.25, 0.3) is 0 Å². The zero-order chi connectivity index (χ0) is 18.8. The molecule has 1 atom stereocenters. The van der Waals surface area contributed by atoms with Gasteiger partial charge in [0.2, 0.25) is 16.0 Å². The first-order chi connectivity index (χ1) is 12.3. The van der Waals surface area contributed by atoms with E-state index in [0.717, 1.165) is 29.3 Å². The molecule has 0 spiro atoms. The number of nitrogens with zero attached hydrogens (tertiary/aromatic N) is 2. The number of hydrogen-bond donors (Lipinski definition) is 2. The zero-order valence-corrected chi connectivity index (χ0v) is 15.1. The van der Waals surface area contributed by atoms with Crippen LogP contribution in [0.15, 0.2) is 28.8 Å². The maximum absolute atomic E-state index is 12.9. The highest BCUT2D eigenvalue weighted by atomic mass is 32.2. The van der Waals surface area contributed by atoms with Crippen molar-refractivity contribution in [2.45, 2.75) is 43.2 Å². The first kappa shape index (κ1) is 19.2.